The van der Waals surface area contributed by atoms with E-state index in [9.17, 15) is 9.59 Å². The average Bonchev–Trinajstić information content (AvgIpc) is 2.69. The molecule has 0 aliphatic heterocycles. The molecule has 1 aliphatic rings. The predicted molar refractivity (Wildman–Crippen MR) is 60.9 cm³/mol. The molecule has 0 unspecified atom stereocenters. The van der Waals surface area contributed by atoms with E-state index in [2.05, 4.69) is 10.1 Å². The van der Waals surface area contributed by atoms with Crippen LogP contribution in [-0.4, -0.2) is 25.8 Å². The van der Waals surface area contributed by atoms with Gasteiger partial charge in [0.15, 0.2) is 0 Å². The van der Waals surface area contributed by atoms with Gasteiger partial charge in [0.05, 0.1) is 12.5 Å². The Morgan fingerprint density at radius 2 is 2.12 bits per heavy atom. The van der Waals surface area contributed by atoms with Crippen LogP contribution in [0, 0.1) is 0 Å². The zero-order valence-electron chi connectivity index (χ0n) is 9.69. The van der Waals surface area contributed by atoms with Gasteiger partial charge >= 0.3 is 11.7 Å². The second kappa shape index (κ2) is 5.16. The molecule has 0 saturated heterocycles. The van der Waals surface area contributed by atoms with Gasteiger partial charge in [-0.3, -0.25) is 9.78 Å². The number of carbonyl (C=O) groups is 1. The number of rotatable bonds is 4. The molecule has 2 rings (SSSR count). The molecule has 2 N–H and O–H groups in total. The van der Waals surface area contributed by atoms with Crippen molar-refractivity contribution in [3.63, 3.8) is 0 Å². The van der Waals surface area contributed by atoms with Crippen LogP contribution < -0.4 is 5.69 Å². The van der Waals surface area contributed by atoms with Gasteiger partial charge < -0.3 is 5.11 Å². The number of carboxylic acid groups (broad SMARTS) is 1. The SMILES string of the molecule is O=C(O)CCc1nn(C2CCCCC2)c(=O)[nH]1. The maximum absolute atomic E-state index is 11.7. The van der Waals surface area contributed by atoms with Crippen LogP contribution in [0.5, 0.6) is 0 Å². The fourth-order valence-corrected chi connectivity index (χ4v) is 2.29. The van der Waals surface area contributed by atoms with E-state index < -0.39 is 5.97 Å². The molecule has 1 aromatic heterocycles. The fourth-order valence-electron chi connectivity index (χ4n) is 2.29. The molecule has 1 heterocycles. The molecule has 94 valence electrons. The van der Waals surface area contributed by atoms with Crippen LogP contribution in [0.4, 0.5) is 0 Å². The number of H-pyrrole nitrogens is 1. The summed E-state index contributed by atoms with van der Waals surface area (Å²) in [6.07, 6.45) is 5.75. The molecule has 17 heavy (non-hydrogen) atoms. The van der Waals surface area contributed by atoms with E-state index in [4.69, 9.17) is 5.11 Å². The quantitative estimate of drug-likeness (QED) is 0.823. The Kier molecular flexibility index (Phi) is 3.61. The van der Waals surface area contributed by atoms with Crippen molar-refractivity contribution in [3.8, 4) is 0 Å². The van der Waals surface area contributed by atoms with Gasteiger partial charge in [0.2, 0.25) is 0 Å². The standard InChI is InChI=1S/C11H17N3O3/c15-10(16)7-6-9-12-11(17)14(13-9)8-4-2-1-3-5-8/h8H,1-7H2,(H,15,16)(H,12,13,17). The Bertz CT molecular complexity index is 443. The van der Waals surface area contributed by atoms with Crippen LogP contribution in [0.3, 0.4) is 0 Å². The van der Waals surface area contributed by atoms with Crippen molar-refractivity contribution in [2.45, 2.75) is 51.0 Å². The third kappa shape index (κ3) is 2.95. The topological polar surface area (TPSA) is 88.0 Å². The third-order valence-corrected chi connectivity index (χ3v) is 3.18. The molecule has 6 heteroatoms. The molecular weight excluding hydrogens is 222 g/mol. The number of carboxylic acids is 1. The van der Waals surface area contributed by atoms with Crippen LogP contribution >= 0.6 is 0 Å². The molecule has 0 spiro atoms. The number of hydrogen-bond acceptors (Lipinski definition) is 3. The highest BCUT2D eigenvalue weighted by molar-refractivity contribution is 5.66. The van der Waals surface area contributed by atoms with E-state index in [-0.39, 0.29) is 24.6 Å². The van der Waals surface area contributed by atoms with Crippen molar-refractivity contribution in [1.29, 1.82) is 0 Å². The summed E-state index contributed by atoms with van der Waals surface area (Å²) < 4.78 is 1.50. The molecule has 6 nitrogen and oxygen atoms in total. The van der Waals surface area contributed by atoms with Crippen molar-refractivity contribution in [2.24, 2.45) is 0 Å². The highest BCUT2D eigenvalue weighted by atomic mass is 16.4. The summed E-state index contributed by atoms with van der Waals surface area (Å²) in [6.45, 7) is 0. The first kappa shape index (κ1) is 11.9. The number of aromatic amines is 1. The average molecular weight is 239 g/mol. The van der Waals surface area contributed by atoms with Crippen molar-refractivity contribution in [3.05, 3.63) is 16.3 Å². The Balaban J connectivity index is 2.07. The Morgan fingerprint density at radius 3 is 2.76 bits per heavy atom. The van der Waals surface area contributed by atoms with Gasteiger partial charge in [-0.05, 0) is 12.8 Å². The van der Waals surface area contributed by atoms with E-state index >= 15 is 0 Å². The number of aromatic nitrogens is 3. The third-order valence-electron chi connectivity index (χ3n) is 3.18. The lowest BCUT2D eigenvalue weighted by atomic mass is 9.96. The van der Waals surface area contributed by atoms with Crippen LogP contribution in [0.25, 0.3) is 0 Å². The van der Waals surface area contributed by atoms with E-state index in [1.807, 2.05) is 0 Å². The molecular formula is C11H17N3O3. The highest BCUT2D eigenvalue weighted by Gasteiger charge is 2.19. The van der Waals surface area contributed by atoms with Gasteiger partial charge in [-0.2, -0.15) is 5.10 Å². The summed E-state index contributed by atoms with van der Waals surface area (Å²) in [5.41, 5.74) is -0.211. The van der Waals surface area contributed by atoms with Crippen molar-refractivity contribution in [2.75, 3.05) is 0 Å². The first-order chi connectivity index (χ1) is 8.16. The smallest absolute Gasteiger partial charge is 0.343 e. The van der Waals surface area contributed by atoms with E-state index in [1.54, 1.807) is 0 Å². The molecule has 0 bridgehead atoms. The Labute approximate surface area is 98.7 Å². The van der Waals surface area contributed by atoms with Gasteiger partial charge in [-0.25, -0.2) is 9.48 Å². The monoisotopic (exact) mass is 239 g/mol. The summed E-state index contributed by atoms with van der Waals surface area (Å²) in [4.78, 5) is 24.8. The lowest BCUT2D eigenvalue weighted by molar-refractivity contribution is -0.137. The molecule has 0 amide bonds. The Morgan fingerprint density at radius 1 is 1.41 bits per heavy atom. The number of aliphatic carboxylic acids is 1. The minimum Gasteiger partial charge on any atom is -0.481 e. The van der Waals surface area contributed by atoms with Crippen molar-refractivity contribution >= 4 is 5.97 Å². The number of hydrogen-bond donors (Lipinski definition) is 2. The first-order valence-electron chi connectivity index (χ1n) is 6.06. The lowest BCUT2D eigenvalue weighted by Gasteiger charge is -2.20. The molecule has 1 aliphatic carbocycles. The normalized spacial score (nSPS) is 17.2. The molecule has 0 aromatic carbocycles. The maximum atomic E-state index is 11.7. The zero-order valence-corrected chi connectivity index (χ0v) is 9.69. The molecule has 1 aromatic rings. The van der Waals surface area contributed by atoms with Crippen LogP contribution in [0.1, 0.15) is 50.4 Å². The highest BCUT2D eigenvalue weighted by Crippen LogP contribution is 2.26. The first-order valence-corrected chi connectivity index (χ1v) is 6.06. The zero-order chi connectivity index (χ0) is 12.3. The maximum Gasteiger partial charge on any atom is 0.343 e. The van der Waals surface area contributed by atoms with Gasteiger partial charge in [0, 0.05) is 6.42 Å². The molecule has 1 saturated carbocycles. The Hall–Kier alpha value is -1.59. The van der Waals surface area contributed by atoms with Crippen LogP contribution in [-0.2, 0) is 11.2 Å². The summed E-state index contributed by atoms with van der Waals surface area (Å²) in [5.74, 6) is -0.402. The van der Waals surface area contributed by atoms with E-state index in [1.165, 1.54) is 11.1 Å². The fraction of sp³-hybridized carbons (Fsp3) is 0.727. The second-order valence-electron chi connectivity index (χ2n) is 4.51. The summed E-state index contributed by atoms with van der Waals surface area (Å²) >= 11 is 0. The van der Waals surface area contributed by atoms with Gasteiger partial charge in [-0.15, -0.1) is 0 Å². The van der Waals surface area contributed by atoms with Gasteiger partial charge in [0.25, 0.3) is 0 Å². The molecule has 0 atom stereocenters. The predicted octanol–water partition coefficient (Wildman–Crippen LogP) is 1.09. The van der Waals surface area contributed by atoms with Gasteiger partial charge in [0.1, 0.15) is 5.82 Å². The number of aryl methyl sites for hydroxylation is 1. The molecule has 1 fully saturated rings. The summed E-state index contributed by atoms with van der Waals surface area (Å²) in [5, 5.41) is 12.8. The minimum atomic E-state index is -0.877. The number of nitrogens with zero attached hydrogens (tertiary/aromatic N) is 2. The van der Waals surface area contributed by atoms with E-state index in [0.717, 1.165) is 25.7 Å². The number of nitrogens with one attached hydrogen (secondary N) is 1. The van der Waals surface area contributed by atoms with Crippen molar-refractivity contribution in [1.82, 2.24) is 14.8 Å². The lowest BCUT2D eigenvalue weighted by Crippen LogP contribution is -2.25. The largest absolute Gasteiger partial charge is 0.481 e. The van der Waals surface area contributed by atoms with Crippen molar-refractivity contribution < 1.29 is 9.90 Å². The minimum absolute atomic E-state index is 0.00236. The summed E-state index contributed by atoms with van der Waals surface area (Å²) in [6, 6.07) is 0.186. The van der Waals surface area contributed by atoms with E-state index in [0.29, 0.717) is 5.82 Å². The van der Waals surface area contributed by atoms with Crippen LogP contribution in [0.15, 0.2) is 4.79 Å². The molecule has 0 radical (unpaired) electrons. The summed E-state index contributed by atoms with van der Waals surface area (Å²) in [7, 11) is 0. The second-order valence-corrected chi connectivity index (χ2v) is 4.51. The van der Waals surface area contributed by atoms with Gasteiger partial charge in [-0.1, -0.05) is 19.3 Å². The van der Waals surface area contributed by atoms with Crippen LogP contribution in [0.2, 0.25) is 0 Å².